The van der Waals surface area contributed by atoms with Gasteiger partial charge in [-0.3, -0.25) is 19.8 Å². The molecule has 200 valence electrons. The van der Waals surface area contributed by atoms with E-state index in [4.69, 9.17) is 68.6 Å². The Morgan fingerprint density at radius 1 is 0.771 bits per heavy atom. The van der Waals surface area contributed by atoms with Crippen molar-refractivity contribution in [3.8, 4) is 0 Å². The molecule has 35 heavy (non-hydrogen) atoms. The maximum atomic E-state index is 12.8. The molecule has 0 unspecified atom stereocenters. The largest absolute Gasteiger partial charge is 0.467 e. The highest BCUT2D eigenvalue weighted by Crippen LogP contribution is 2.35. The lowest BCUT2D eigenvalue weighted by atomic mass is 9.93. The molecule has 0 spiro atoms. The molecule has 1 aliphatic heterocycles. The minimum atomic E-state index is -2.35. The van der Waals surface area contributed by atoms with Gasteiger partial charge < -0.3 is 28.4 Å². The van der Waals surface area contributed by atoms with Gasteiger partial charge in [-0.15, -0.1) is 0 Å². The fourth-order valence-corrected chi connectivity index (χ4v) is 2.71. The predicted molar refractivity (Wildman–Crippen MR) is 124 cm³/mol. The molecular weight excluding hydrogens is 533 g/mol. The van der Waals surface area contributed by atoms with Crippen molar-refractivity contribution in [2.24, 2.45) is 10.8 Å². The van der Waals surface area contributed by atoms with Crippen LogP contribution in [-0.4, -0.2) is 71.4 Å². The fraction of sp³-hybridized carbons (Fsp3) is 0.762. The third-order valence-electron chi connectivity index (χ3n) is 4.43. The van der Waals surface area contributed by atoms with Crippen LogP contribution in [-0.2, 0) is 47.6 Å². The lowest BCUT2D eigenvalue weighted by Gasteiger charge is -2.44. The van der Waals surface area contributed by atoms with Crippen molar-refractivity contribution in [3.05, 3.63) is 0 Å². The predicted octanol–water partition coefficient (Wildman–Crippen LogP) is 3.10. The smallest absolute Gasteiger partial charge is 0.339 e. The zero-order valence-electron chi connectivity index (χ0n) is 20.6. The van der Waals surface area contributed by atoms with Crippen molar-refractivity contribution in [3.63, 3.8) is 0 Å². The highest BCUT2D eigenvalue weighted by molar-refractivity contribution is 6.76. The molecule has 0 aliphatic carbocycles. The van der Waals surface area contributed by atoms with Crippen LogP contribution in [0.2, 0.25) is 0 Å². The highest BCUT2D eigenvalue weighted by atomic mass is 35.6. The normalized spacial score (nSPS) is 25.2. The number of carbonyl (C=O) groups excluding carboxylic acids is 4. The highest BCUT2D eigenvalue weighted by Gasteiger charge is 2.57. The van der Waals surface area contributed by atoms with E-state index >= 15 is 0 Å². The van der Waals surface area contributed by atoms with Gasteiger partial charge in [0.2, 0.25) is 18.3 Å². The van der Waals surface area contributed by atoms with Crippen molar-refractivity contribution in [1.82, 2.24) is 0 Å². The van der Waals surface area contributed by atoms with E-state index in [2.05, 4.69) is 0 Å². The molecule has 1 N–H and O–H groups in total. The standard InChI is InChI=1S/C21H30Cl3NO10/c1-9(26)31-13-11(34-18(29)20(5,6)7)10(33-17(28)19(2,3)4)12(14(27)30-8)32-15(13)35-16(25)21(22,23)24/h10-13,15,25H,1-8H3/t10-,11-,12+,13+,15-/m0/s1. The van der Waals surface area contributed by atoms with Crippen molar-refractivity contribution in [2.45, 2.75) is 83.0 Å². The maximum Gasteiger partial charge on any atom is 0.339 e. The molecule has 14 heteroatoms. The van der Waals surface area contributed by atoms with Gasteiger partial charge in [0.15, 0.2) is 18.3 Å². The SMILES string of the molecule is COC(=O)[C@@H]1O[C@@H](OC(=N)C(Cl)(Cl)Cl)[C@H](OC(C)=O)[C@@H](OC(=O)C(C)(C)C)[C@@H]1OC(=O)C(C)(C)C. The van der Waals surface area contributed by atoms with Gasteiger partial charge in [-0.2, -0.15) is 0 Å². The molecule has 0 bridgehead atoms. The number of ether oxygens (including phenoxy) is 6. The molecule has 1 saturated heterocycles. The molecule has 0 saturated carbocycles. The van der Waals surface area contributed by atoms with Gasteiger partial charge in [0.05, 0.1) is 17.9 Å². The Morgan fingerprint density at radius 3 is 1.60 bits per heavy atom. The summed E-state index contributed by atoms with van der Waals surface area (Å²) in [5.41, 5.74) is -2.10. The summed E-state index contributed by atoms with van der Waals surface area (Å²) >= 11 is 17.0. The maximum absolute atomic E-state index is 12.8. The van der Waals surface area contributed by atoms with E-state index in [1.807, 2.05) is 0 Å². The summed E-state index contributed by atoms with van der Waals surface area (Å²) in [6, 6.07) is 0. The van der Waals surface area contributed by atoms with E-state index in [1.165, 1.54) is 0 Å². The Hall–Kier alpha value is -1.82. The monoisotopic (exact) mass is 561 g/mol. The number of methoxy groups -OCH3 is 1. The average Bonchev–Trinajstić information content (AvgIpc) is 2.68. The number of esters is 4. The van der Waals surface area contributed by atoms with Crippen molar-refractivity contribution < 1.29 is 47.6 Å². The van der Waals surface area contributed by atoms with Crippen LogP contribution < -0.4 is 0 Å². The van der Waals surface area contributed by atoms with E-state index < -0.39 is 75.1 Å². The molecule has 0 aromatic rings. The summed E-state index contributed by atoms with van der Waals surface area (Å²) in [6.07, 6.45) is -8.45. The van der Waals surface area contributed by atoms with E-state index in [9.17, 15) is 19.2 Å². The summed E-state index contributed by atoms with van der Waals surface area (Å²) in [5.74, 6) is -4.44. The molecule has 1 aliphatic rings. The van der Waals surface area contributed by atoms with Gasteiger partial charge in [-0.1, -0.05) is 34.8 Å². The first kappa shape index (κ1) is 31.2. The Morgan fingerprint density at radius 2 is 1.23 bits per heavy atom. The van der Waals surface area contributed by atoms with E-state index in [-0.39, 0.29) is 0 Å². The van der Waals surface area contributed by atoms with Gasteiger partial charge in [-0.05, 0) is 41.5 Å². The number of halogens is 3. The first-order valence-corrected chi connectivity index (χ1v) is 11.5. The van der Waals surface area contributed by atoms with Crippen LogP contribution in [0.4, 0.5) is 0 Å². The molecular formula is C21H30Cl3NO10. The molecule has 5 atom stereocenters. The van der Waals surface area contributed by atoms with Gasteiger partial charge in [0.25, 0.3) is 3.79 Å². The quantitative estimate of drug-likeness (QED) is 0.174. The second-order valence-corrected chi connectivity index (χ2v) is 12.0. The van der Waals surface area contributed by atoms with Crippen LogP contribution in [0.3, 0.4) is 0 Å². The number of alkyl halides is 3. The van der Waals surface area contributed by atoms with Crippen LogP contribution in [0.25, 0.3) is 0 Å². The van der Waals surface area contributed by atoms with E-state index in [0.717, 1.165) is 14.0 Å². The molecule has 0 amide bonds. The second-order valence-electron chi connectivity index (χ2n) is 9.71. The Kier molecular flexibility index (Phi) is 10.2. The third kappa shape index (κ3) is 8.66. The molecule has 0 radical (unpaired) electrons. The zero-order chi connectivity index (χ0) is 27.5. The van der Waals surface area contributed by atoms with E-state index in [1.54, 1.807) is 41.5 Å². The first-order chi connectivity index (χ1) is 15.7. The van der Waals surface area contributed by atoms with Crippen molar-refractivity contribution >= 4 is 64.6 Å². The number of rotatable bonds is 5. The van der Waals surface area contributed by atoms with Crippen LogP contribution in [0, 0.1) is 16.2 Å². The topological polar surface area (TPSA) is 148 Å². The Balaban J connectivity index is 3.66. The van der Waals surface area contributed by atoms with E-state index in [0.29, 0.717) is 0 Å². The summed E-state index contributed by atoms with van der Waals surface area (Å²) < 4.78 is 29.6. The van der Waals surface area contributed by atoms with Crippen LogP contribution in [0.15, 0.2) is 0 Å². The zero-order valence-corrected chi connectivity index (χ0v) is 22.9. The Labute approximate surface area is 218 Å². The molecule has 11 nitrogen and oxygen atoms in total. The number of nitrogens with one attached hydrogen (secondary N) is 1. The summed E-state index contributed by atoms with van der Waals surface area (Å²) in [6.45, 7) is 10.4. The number of hydrogen-bond acceptors (Lipinski definition) is 11. The lowest BCUT2D eigenvalue weighted by molar-refractivity contribution is -0.288. The summed E-state index contributed by atoms with van der Waals surface area (Å²) in [4.78, 5) is 50.1. The number of hydrogen-bond donors (Lipinski definition) is 1. The summed E-state index contributed by atoms with van der Waals surface area (Å²) in [5, 5.41) is 7.87. The molecule has 1 heterocycles. The lowest BCUT2D eigenvalue weighted by Crippen LogP contribution is -2.65. The summed E-state index contributed by atoms with van der Waals surface area (Å²) in [7, 11) is 1.04. The van der Waals surface area contributed by atoms with Crippen molar-refractivity contribution in [2.75, 3.05) is 7.11 Å². The van der Waals surface area contributed by atoms with Crippen LogP contribution in [0.1, 0.15) is 48.5 Å². The average molecular weight is 563 g/mol. The fourth-order valence-electron chi connectivity index (χ4n) is 2.58. The van der Waals surface area contributed by atoms with Gasteiger partial charge in [0, 0.05) is 6.92 Å². The van der Waals surface area contributed by atoms with Crippen LogP contribution in [0.5, 0.6) is 0 Å². The first-order valence-electron chi connectivity index (χ1n) is 10.3. The molecule has 1 fully saturated rings. The Bertz CT molecular complexity index is 844. The van der Waals surface area contributed by atoms with Crippen molar-refractivity contribution in [1.29, 1.82) is 5.41 Å². The second kappa shape index (κ2) is 11.5. The third-order valence-corrected chi connectivity index (χ3v) is 4.95. The van der Waals surface area contributed by atoms with Gasteiger partial charge in [0.1, 0.15) is 0 Å². The molecule has 0 aromatic heterocycles. The van der Waals surface area contributed by atoms with Crippen LogP contribution >= 0.6 is 34.8 Å². The minimum Gasteiger partial charge on any atom is -0.467 e. The minimum absolute atomic E-state index is 0.785. The molecule has 0 aromatic carbocycles. The molecule has 1 rings (SSSR count). The van der Waals surface area contributed by atoms with Gasteiger partial charge in [-0.25, -0.2) is 4.79 Å². The number of carbonyl (C=O) groups is 4. The van der Waals surface area contributed by atoms with Gasteiger partial charge >= 0.3 is 23.9 Å².